The molecule has 3 N–H and O–H groups in total. The van der Waals surface area contributed by atoms with Crippen LogP contribution in [-0.4, -0.2) is 11.2 Å². The molecule has 0 saturated carbocycles. The van der Waals surface area contributed by atoms with Gasteiger partial charge in [0.05, 0.1) is 6.10 Å². The van der Waals surface area contributed by atoms with Crippen molar-refractivity contribution >= 4 is 0 Å². The molecule has 64 valence electrons. The Hall–Kier alpha value is -0.760. The largest absolute Gasteiger partial charge is 0.403 e. The molecule has 1 unspecified atom stereocenters. The van der Waals surface area contributed by atoms with Crippen LogP contribution in [0.2, 0.25) is 0 Å². The van der Waals surface area contributed by atoms with Crippen molar-refractivity contribution in [3.63, 3.8) is 0 Å². The van der Waals surface area contributed by atoms with Crippen LogP contribution in [0, 0.1) is 0 Å². The molecular formula is C9H17NO. The summed E-state index contributed by atoms with van der Waals surface area (Å²) in [6.07, 6.45) is 4.62. The number of rotatable bonds is 6. The van der Waals surface area contributed by atoms with Gasteiger partial charge in [-0.1, -0.05) is 12.7 Å². The first-order valence-electron chi connectivity index (χ1n) is 3.89. The Kier molecular flexibility index (Phi) is 5.57. The first-order valence-corrected chi connectivity index (χ1v) is 3.89. The van der Waals surface area contributed by atoms with Crippen molar-refractivity contribution in [3.8, 4) is 0 Å². The molecule has 0 aliphatic rings. The minimum Gasteiger partial charge on any atom is -0.403 e. The molecule has 11 heavy (non-hydrogen) atoms. The second kappa shape index (κ2) is 5.98. The third-order valence-electron chi connectivity index (χ3n) is 1.47. The third-order valence-corrected chi connectivity index (χ3v) is 1.47. The van der Waals surface area contributed by atoms with Crippen LogP contribution in [0.25, 0.3) is 0 Å². The Bertz CT molecular complexity index is 132. The first kappa shape index (κ1) is 10.2. The molecule has 0 aliphatic heterocycles. The predicted octanol–water partition coefficient (Wildman–Crippen LogP) is 1.57. The van der Waals surface area contributed by atoms with Crippen LogP contribution in [-0.2, 0) is 0 Å². The predicted molar refractivity (Wildman–Crippen MR) is 48.0 cm³/mol. The summed E-state index contributed by atoms with van der Waals surface area (Å²) in [7, 11) is 0. The maximum atomic E-state index is 9.22. The quantitative estimate of drug-likeness (QED) is 0.572. The lowest BCUT2D eigenvalue weighted by atomic mass is 10.1. The monoisotopic (exact) mass is 155 g/mol. The van der Waals surface area contributed by atoms with Crippen molar-refractivity contribution in [1.82, 2.24) is 0 Å². The molecule has 0 radical (unpaired) electrons. The summed E-state index contributed by atoms with van der Waals surface area (Å²) in [6.45, 7) is 7.12. The zero-order valence-electron chi connectivity index (χ0n) is 6.92. The summed E-state index contributed by atoms with van der Waals surface area (Å²) in [5.41, 5.74) is 6.05. The van der Waals surface area contributed by atoms with Gasteiger partial charge in [-0.2, -0.15) is 0 Å². The van der Waals surface area contributed by atoms with Crippen molar-refractivity contribution < 1.29 is 5.11 Å². The van der Waals surface area contributed by atoms with Crippen LogP contribution in [0.5, 0.6) is 0 Å². The number of aliphatic hydroxyl groups is 1. The average Bonchev–Trinajstić information content (AvgIpc) is 1.87. The summed E-state index contributed by atoms with van der Waals surface area (Å²) in [5.74, 6) is 0. The van der Waals surface area contributed by atoms with Crippen molar-refractivity contribution in [1.29, 1.82) is 0 Å². The van der Waals surface area contributed by atoms with Gasteiger partial charge in [-0.05, 0) is 25.7 Å². The zero-order chi connectivity index (χ0) is 8.69. The van der Waals surface area contributed by atoms with E-state index in [-0.39, 0.29) is 6.10 Å². The molecule has 0 aromatic carbocycles. The normalized spacial score (nSPS) is 12.5. The van der Waals surface area contributed by atoms with E-state index < -0.39 is 0 Å². The minimum atomic E-state index is -0.258. The van der Waals surface area contributed by atoms with Crippen molar-refractivity contribution in [2.45, 2.75) is 31.8 Å². The highest BCUT2D eigenvalue weighted by atomic mass is 16.3. The van der Waals surface area contributed by atoms with Crippen molar-refractivity contribution in [3.05, 3.63) is 24.9 Å². The van der Waals surface area contributed by atoms with Gasteiger partial charge >= 0.3 is 0 Å². The number of hydrogen-bond donors (Lipinski definition) is 2. The molecule has 0 amide bonds. The van der Waals surface area contributed by atoms with Gasteiger partial charge in [0.1, 0.15) is 0 Å². The van der Waals surface area contributed by atoms with Gasteiger partial charge in [-0.25, -0.2) is 0 Å². The molecule has 0 aromatic rings. The Morgan fingerprint density at radius 1 is 1.64 bits per heavy atom. The maximum absolute atomic E-state index is 9.22. The molecular weight excluding hydrogens is 138 g/mol. The van der Waals surface area contributed by atoms with Gasteiger partial charge in [0.25, 0.3) is 0 Å². The van der Waals surface area contributed by atoms with Gasteiger partial charge in [0.15, 0.2) is 0 Å². The standard InChI is InChI=1S/C9H17NO/c1-3-5-9(11)7-4-6-8(2)10/h3,9,11H,1-2,4-7,10H2. The lowest BCUT2D eigenvalue weighted by molar-refractivity contribution is 0.165. The van der Waals surface area contributed by atoms with E-state index in [1.807, 2.05) is 0 Å². The van der Waals surface area contributed by atoms with E-state index in [0.717, 1.165) is 19.3 Å². The summed E-state index contributed by atoms with van der Waals surface area (Å²) < 4.78 is 0. The molecule has 2 heteroatoms. The Morgan fingerprint density at radius 3 is 2.73 bits per heavy atom. The second-order valence-corrected chi connectivity index (χ2v) is 2.73. The van der Waals surface area contributed by atoms with Gasteiger partial charge in [0.2, 0.25) is 0 Å². The molecule has 0 heterocycles. The van der Waals surface area contributed by atoms with E-state index in [1.165, 1.54) is 0 Å². The molecule has 0 aliphatic carbocycles. The van der Waals surface area contributed by atoms with Crippen LogP contribution in [0.4, 0.5) is 0 Å². The molecule has 2 nitrogen and oxygen atoms in total. The molecule has 0 aromatic heterocycles. The zero-order valence-corrected chi connectivity index (χ0v) is 6.92. The van der Waals surface area contributed by atoms with E-state index in [0.29, 0.717) is 12.1 Å². The average molecular weight is 155 g/mol. The number of hydrogen-bond acceptors (Lipinski definition) is 2. The molecule has 0 fully saturated rings. The van der Waals surface area contributed by atoms with Crippen molar-refractivity contribution in [2.24, 2.45) is 5.73 Å². The van der Waals surface area contributed by atoms with E-state index in [9.17, 15) is 5.11 Å². The highest BCUT2D eigenvalue weighted by molar-refractivity contribution is 4.85. The van der Waals surface area contributed by atoms with E-state index in [1.54, 1.807) is 6.08 Å². The molecule has 0 saturated heterocycles. The molecule has 0 rings (SSSR count). The van der Waals surface area contributed by atoms with Crippen molar-refractivity contribution in [2.75, 3.05) is 0 Å². The second-order valence-electron chi connectivity index (χ2n) is 2.73. The van der Waals surface area contributed by atoms with Gasteiger partial charge in [0, 0.05) is 5.70 Å². The number of aliphatic hydroxyl groups excluding tert-OH is 1. The fraction of sp³-hybridized carbons (Fsp3) is 0.556. The summed E-state index contributed by atoms with van der Waals surface area (Å²) in [6, 6.07) is 0. The number of allylic oxidation sites excluding steroid dienone is 1. The molecule has 1 atom stereocenters. The Labute approximate surface area is 68.4 Å². The van der Waals surface area contributed by atoms with Gasteiger partial charge in [-0.3, -0.25) is 0 Å². The molecule has 0 spiro atoms. The van der Waals surface area contributed by atoms with Crippen LogP contribution >= 0.6 is 0 Å². The summed E-state index contributed by atoms with van der Waals surface area (Å²) >= 11 is 0. The van der Waals surface area contributed by atoms with E-state index in [4.69, 9.17) is 5.73 Å². The van der Waals surface area contributed by atoms with E-state index >= 15 is 0 Å². The van der Waals surface area contributed by atoms with Crippen LogP contribution in [0.15, 0.2) is 24.9 Å². The van der Waals surface area contributed by atoms with Crippen LogP contribution in [0.1, 0.15) is 25.7 Å². The highest BCUT2D eigenvalue weighted by Crippen LogP contribution is 2.06. The van der Waals surface area contributed by atoms with E-state index in [2.05, 4.69) is 13.2 Å². The highest BCUT2D eigenvalue weighted by Gasteiger charge is 2.00. The smallest absolute Gasteiger partial charge is 0.0574 e. The fourth-order valence-corrected chi connectivity index (χ4v) is 0.875. The number of nitrogens with two attached hydrogens (primary N) is 1. The Morgan fingerprint density at radius 2 is 2.27 bits per heavy atom. The van der Waals surface area contributed by atoms with Gasteiger partial charge in [-0.15, -0.1) is 6.58 Å². The molecule has 0 bridgehead atoms. The third kappa shape index (κ3) is 7.13. The first-order chi connectivity index (χ1) is 5.16. The summed E-state index contributed by atoms with van der Waals surface area (Å²) in [4.78, 5) is 0. The Balaban J connectivity index is 3.23. The van der Waals surface area contributed by atoms with Crippen LogP contribution < -0.4 is 5.73 Å². The maximum Gasteiger partial charge on any atom is 0.0574 e. The lowest BCUT2D eigenvalue weighted by Gasteiger charge is -2.06. The fourth-order valence-electron chi connectivity index (χ4n) is 0.875. The van der Waals surface area contributed by atoms with Crippen LogP contribution in [0.3, 0.4) is 0 Å². The van der Waals surface area contributed by atoms with Gasteiger partial charge < -0.3 is 10.8 Å². The lowest BCUT2D eigenvalue weighted by Crippen LogP contribution is -2.05. The minimum absolute atomic E-state index is 0.258. The summed E-state index contributed by atoms with van der Waals surface area (Å²) in [5, 5.41) is 9.22. The topological polar surface area (TPSA) is 46.2 Å². The SMILES string of the molecule is C=CCC(O)CCCC(=C)N.